The summed E-state index contributed by atoms with van der Waals surface area (Å²) in [7, 11) is -0.863. The van der Waals surface area contributed by atoms with Crippen molar-refractivity contribution in [3.05, 3.63) is 248 Å². The SMILES string of the molecule is CC(C)(C)c1ccc2c(c1)SB1c3c-2cc(N(c2ccccc2)c2ccccc2)c2c3-c3c(cc4c5c3B(O2)Oc2c(N(c3ccccc3)c3ccccc3)cc3c(c2-5)B(Sc2cc(C(C)(C)C)ccc2-3)N4c2ccccc2)N1c1ccccc1. The molecule has 0 amide bonds. The smallest absolute Gasteiger partial charge is 0.520 e. The van der Waals surface area contributed by atoms with Crippen molar-refractivity contribution in [1.29, 1.82) is 0 Å². The maximum Gasteiger partial charge on any atom is 0.634 e. The maximum absolute atomic E-state index is 8.06. The molecule has 6 nitrogen and oxygen atoms in total. The number of nitrogens with zero attached hydrogens (tertiary/aromatic N) is 4. The molecule has 0 N–H and O–H groups in total. The highest BCUT2D eigenvalue weighted by Crippen LogP contribution is 2.63. The normalized spacial score (nSPS) is 14.2. The fourth-order valence-corrected chi connectivity index (χ4v) is 16.9. The molecule has 0 fully saturated rings. The minimum Gasteiger partial charge on any atom is -0.520 e. The van der Waals surface area contributed by atoms with Gasteiger partial charge < -0.3 is 28.7 Å². The Morgan fingerprint density at radius 1 is 0.353 bits per heavy atom. The Bertz CT molecular complexity index is 4180. The topological polar surface area (TPSA) is 31.4 Å². The number of benzene rings is 11. The van der Waals surface area contributed by atoms with E-state index in [-0.39, 0.29) is 23.1 Å². The van der Waals surface area contributed by atoms with Gasteiger partial charge in [0.15, 0.2) is 0 Å². The van der Waals surface area contributed by atoms with Crippen molar-refractivity contribution in [1.82, 2.24) is 0 Å². The van der Waals surface area contributed by atoms with E-state index in [9.17, 15) is 0 Å². The van der Waals surface area contributed by atoms with Gasteiger partial charge in [0.2, 0.25) is 0 Å². The van der Waals surface area contributed by atoms with Crippen LogP contribution < -0.4 is 45.1 Å². The van der Waals surface area contributed by atoms with Gasteiger partial charge in [0.05, 0.1) is 11.4 Å². The molecule has 0 unspecified atom stereocenters. The zero-order valence-corrected chi connectivity index (χ0v) is 49.8. The van der Waals surface area contributed by atoms with Gasteiger partial charge in [-0.2, -0.15) is 0 Å². The lowest BCUT2D eigenvalue weighted by Crippen LogP contribution is -2.59. The molecule has 11 heteroatoms. The van der Waals surface area contributed by atoms with E-state index >= 15 is 0 Å². The molecule has 0 saturated carbocycles. The molecule has 0 bridgehead atoms. The lowest BCUT2D eigenvalue weighted by molar-refractivity contribution is 0.437. The number of rotatable bonds is 8. The van der Waals surface area contributed by atoms with E-state index in [1.807, 2.05) is 23.2 Å². The van der Waals surface area contributed by atoms with E-state index in [1.54, 1.807) is 0 Å². The molecule has 85 heavy (non-hydrogen) atoms. The molecule has 0 spiro atoms. The van der Waals surface area contributed by atoms with E-state index in [1.165, 1.54) is 54.1 Å². The third-order valence-electron chi connectivity index (χ3n) is 18.0. The summed E-state index contributed by atoms with van der Waals surface area (Å²) in [5.41, 5.74) is 26.0. The van der Waals surface area contributed by atoms with Gasteiger partial charge in [-0.3, -0.25) is 0 Å². The molecule has 0 aromatic heterocycles. The van der Waals surface area contributed by atoms with Crippen LogP contribution in [0.3, 0.4) is 0 Å². The molecule has 0 saturated heterocycles. The molecule has 6 aliphatic heterocycles. The van der Waals surface area contributed by atoms with E-state index in [2.05, 4.69) is 298 Å². The van der Waals surface area contributed by atoms with Crippen molar-refractivity contribution in [2.24, 2.45) is 0 Å². The molecule has 0 atom stereocenters. The number of fused-ring (bicyclic) bond motifs is 4. The van der Waals surface area contributed by atoms with Crippen molar-refractivity contribution >= 4 is 116 Å². The number of hydrogen-bond acceptors (Lipinski definition) is 8. The Balaban J connectivity index is 1.05. The fourth-order valence-electron chi connectivity index (χ4n) is 14.0. The highest BCUT2D eigenvalue weighted by molar-refractivity contribution is 8.27. The van der Waals surface area contributed by atoms with Crippen molar-refractivity contribution in [3.63, 3.8) is 0 Å². The average Bonchev–Trinajstić information content (AvgIpc) is 0.679. The summed E-state index contributed by atoms with van der Waals surface area (Å²) in [5, 5.41) is 0. The Hall–Kier alpha value is -8.89. The summed E-state index contributed by atoms with van der Waals surface area (Å²) >= 11 is 3.92. The highest BCUT2D eigenvalue weighted by Gasteiger charge is 2.57. The van der Waals surface area contributed by atoms with Crippen molar-refractivity contribution < 1.29 is 9.31 Å². The van der Waals surface area contributed by atoms with E-state index in [4.69, 9.17) is 9.31 Å². The first-order chi connectivity index (χ1) is 41.5. The quantitative estimate of drug-likeness (QED) is 0.139. The number of para-hydroxylation sites is 6. The molecule has 17 rings (SSSR count). The third-order valence-corrected chi connectivity index (χ3v) is 20.5. The van der Waals surface area contributed by atoms with Crippen LogP contribution in [0.1, 0.15) is 52.7 Å². The summed E-state index contributed by atoms with van der Waals surface area (Å²) in [6.45, 7) is 13.9. The van der Waals surface area contributed by atoms with Crippen molar-refractivity contribution in [2.45, 2.75) is 62.2 Å². The maximum atomic E-state index is 8.06. The van der Waals surface area contributed by atoms with Gasteiger partial charge in [0.25, 0.3) is 0 Å². The van der Waals surface area contributed by atoms with Gasteiger partial charge in [-0.15, -0.1) is 23.2 Å². The monoisotopic (exact) mass is 1130 g/mol. The van der Waals surface area contributed by atoms with E-state index in [0.29, 0.717) is 0 Å². The summed E-state index contributed by atoms with van der Waals surface area (Å²) in [6, 6.07) is 87.2. The van der Waals surface area contributed by atoms with Gasteiger partial charge in [0.1, 0.15) is 11.5 Å². The predicted molar refractivity (Wildman–Crippen MR) is 361 cm³/mol. The van der Waals surface area contributed by atoms with Crippen LogP contribution in [0, 0.1) is 0 Å². The molecule has 6 aliphatic rings. The van der Waals surface area contributed by atoms with Gasteiger partial charge in [-0.1, -0.05) is 175 Å². The van der Waals surface area contributed by atoms with Gasteiger partial charge in [-0.25, -0.2) is 0 Å². The minimum atomic E-state index is -0.863. The summed E-state index contributed by atoms with van der Waals surface area (Å²) < 4.78 is 16.1. The standard InChI is InChI=1S/C74H57B3N4O2S2/c1-73(2,3)46-37-39-54-56-43-60(78(48-25-13-7-14-26-48)49-27-15-8-16-28-49)71-66-64-58(80(52-33-21-11-22-34-52)75(68(56)66)84-62(54)41-46)45-59-65-67-69-57(55-40-38-47(74(4,5)6)42-63(55)85-76(69)81(59)53-35-23-12-24-36-53)44-61(72(67)83-77(82-71)70(64)65)79(50-29-17-9-18-30-50)51-31-19-10-20-32-51/h7-45H,1-6H3. The first-order valence-electron chi connectivity index (χ1n) is 29.6. The highest BCUT2D eigenvalue weighted by atomic mass is 32.2. The van der Waals surface area contributed by atoms with Gasteiger partial charge in [-0.05, 0) is 158 Å². The van der Waals surface area contributed by atoms with Crippen LogP contribution in [0.5, 0.6) is 11.5 Å². The van der Waals surface area contributed by atoms with Crippen LogP contribution in [0.15, 0.2) is 246 Å². The van der Waals surface area contributed by atoms with Gasteiger partial charge in [0, 0.05) is 83.0 Å². The first-order valence-corrected chi connectivity index (χ1v) is 31.3. The van der Waals surface area contributed by atoms with Crippen LogP contribution in [-0.2, 0) is 10.8 Å². The largest absolute Gasteiger partial charge is 0.634 e. The van der Waals surface area contributed by atoms with Crippen LogP contribution in [-0.4, -0.2) is 19.4 Å². The summed E-state index contributed by atoms with van der Waals surface area (Å²) in [6.07, 6.45) is -0.335. The zero-order valence-electron chi connectivity index (χ0n) is 48.2. The first kappa shape index (κ1) is 50.6. The van der Waals surface area contributed by atoms with E-state index < -0.39 is 7.12 Å². The molecule has 406 valence electrons. The molecule has 6 heterocycles. The Labute approximate surface area is 507 Å². The predicted octanol–water partition coefficient (Wildman–Crippen LogP) is 18.3. The lowest BCUT2D eigenvalue weighted by Gasteiger charge is -2.50. The minimum absolute atomic E-state index is 0.0574. The summed E-state index contributed by atoms with van der Waals surface area (Å²) in [5.74, 6) is 1.61. The molecule has 0 aliphatic carbocycles. The molecular formula is C74H57B3N4O2S2. The molecule has 11 aromatic rings. The van der Waals surface area contributed by atoms with Crippen molar-refractivity contribution in [3.8, 4) is 56.0 Å². The van der Waals surface area contributed by atoms with Gasteiger partial charge >= 0.3 is 19.4 Å². The third kappa shape index (κ3) is 7.65. The van der Waals surface area contributed by atoms with E-state index in [0.717, 1.165) is 96.1 Å². The van der Waals surface area contributed by atoms with Crippen LogP contribution >= 0.6 is 23.2 Å². The number of hydrogen-bond donors (Lipinski definition) is 0. The summed E-state index contributed by atoms with van der Waals surface area (Å²) in [4.78, 5) is 12.6. The van der Waals surface area contributed by atoms with Crippen molar-refractivity contribution in [2.75, 3.05) is 19.4 Å². The Kier molecular flexibility index (Phi) is 11.2. The Morgan fingerprint density at radius 2 is 0.694 bits per heavy atom. The second kappa shape index (κ2) is 18.8. The van der Waals surface area contributed by atoms with Crippen LogP contribution in [0.4, 0.5) is 56.9 Å². The fraction of sp³-hybridized carbons (Fsp3) is 0.108. The Morgan fingerprint density at radius 3 is 1.04 bits per heavy atom. The molecule has 11 aromatic carbocycles. The zero-order chi connectivity index (χ0) is 57.0. The van der Waals surface area contributed by atoms with Crippen LogP contribution in [0.2, 0.25) is 0 Å². The second-order valence-electron chi connectivity index (χ2n) is 25.1. The molecule has 0 radical (unpaired) electrons. The average molecular weight is 1130 g/mol. The lowest BCUT2D eigenvalue weighted by atomic mass is 9.55. The number of anilines is 10. The second-order valence-corrected chi connectivity index (χ2v) is 27.3. The van der Waals surface area contributed by atoms with Crippen LogP contribution in [0.25, 0.3) is 44.5 Å². The molecular weight excluding hydrogens is 1070 g/mol.